The molecule has 1 heterocycles. The molecule has 2 amide bonds. The maximum Gasteiger partial charge on any atom is 0.294 e. The number of carbonyl (C=O) groups is 2. The Hall–Kier alpha value is -0.770. The quantitative estimate of drug-likeness (QED) is 0.418. The number of amides is 2. The van der Waals surface area contributed by atoms with Gasteiger partial charge in [0.15, 0.2) is 0 Å². The maximum absolute atomic E-state index is 11.5. The molecule has 1 aliphatic heterocycles. The summed E-state index contributed by atoms with van der Waals surface area (Å²) in [5, 5.41) is 9.24. The van der Waals surface area contributed by atoms with Gasteiger partial charge in [0, 0.05) is 29.6 Å². The largest absolute Gasteiger partial charge is 0.383 e. The first-order chi connectivity index (χ1) is 8.30. The molecule has 2 N–H and O–H groups in total. The van der Waals surface area contributed by atoms with Crippen LogP contribution in [-0.4, -0.2) is 65.6 Å². The number of benzene rings is 1. The van der Waals surface area contributed by atoms with Crippen LogP contribution < -0.4 is 4.90 Å². The first kappa shape index (κ1) is 16.3. The molecule has 1 aromatic carbocycles. The van der Waals surface area contributed by atoms with Crippen LogP contribution in [0.3, 0.4) is 0 Å². The summed E-state index contributed by atoms with van der Waals surface area (Å²) in [7, 11) is -4.32. The van der Waals surface area contributed by atoms with Crippen molar-refractivity contribution >= 4 is 57.2 Å². The van der Waals surface area contributed by atoms with Gasteiger partial charge in [0.1, 0.15) is 6.10 Å². The molecule has 0 bridgehead atoms. The second-order valence-corrected chi connectivity index (χ2v) is 5.18. The van der Waals surface area contributed by atoms with Gasteiger partial charge in [-0.05, 0) is 24.3 Å². The van der Waals surface area contributed by atoms with E-state index in [1.807, 2.05) is 0 Å². The van der Waals surface area contributed by atoms with Crippen LogP contribution in [-0.2, 0) is 19.7 Å². The van der Waals surface area contributed by atoms with Crippen LogP contribution in [0, 0.1) is 0 Å². The van der Waals surface area contributed by atoms with Crippen molar-refractivity contribution in [1.82, 2.24) is 0 Å². The summed E-state index contributed by atoms with van der Waals surface area (Å²) in [6.45, 7) is 0. The van der Waals surface area contributed by atoms with Gasteiger partial charge in [-0.15, -0.1) is 0 Å². The third kappa shape index (κ3) is 3.22. The SMILES string of the molecule is O=C1CC(O)C(=O)N1c1ccc(S(=O)(=O)O)cc1.[Na]. The maximum atomic E-state index is 11.5. The molecule has 0 saturated carbocycles. The molecule has 1 fully saturated rings. The van der Waals surface area contributed by atoms with E-state index < -0.39 is 28.0 Å². The van der Waals surface area contributed by atoms with Crippen molar-refractivity contribution in [3.8, 4) is 0 Å². The number of carbonyl (C=O) groups excluding carboxylic acids is 2. The molecule has 19 heavy (non-hydrogen) atoms. The standard InChI is InChI=1S/C10H9NO6S.Na/c12-8-5-9(13)11(10(8)14)6-1-3-7(4-2-6)18(15,16)17;/h1-4,8,12H,5H2,(H,15,16,17);. The van der Waals surface area contributed by atoms with Crippen LogP contribution >= 0.6 is 0 Å². The molecular formula is C10H9NNaO6S. The van der Waals surface area contributed by atoms with E-state index >= 15 is 0 Å². The summed E-state index contributed by atoms with van der Waals surface area (Å²) in [4.78, 5) is 23.4. The van der Waals surface area contributed by atoms with Crippen molar-refractivity contribution in [2.45, 2.75) is 17.4 Å². The molecule has 97 valence electrons. The topological polar surface area (TPSA) is 112 Å². The Bertz CT molecular complexity index is 611. The molecule has 1 saturated heterocycles. The molecule has 9 heteroatoms. The van der Waals surface area contributed by atoms with Crippen LogP contribution in [0.5, 0.6) is 0 Å². The van der Waals surface area contributed by atoms with Gasteiger partial charge >= 0.3 is 0 Å². The number of rotatable bonds is 2. The summed E-state index contributed by atoms with van der Waals surface area (Å²) in [6.07, 6.45) is -1.66. The van der Waals surface area contributed by atoms with Crippen LogP contribution in [0.4, 0.5) is 5.69 Å². The molecule has 1 aliphatic rings. The predicted octanol–water partition coefficient (Wildman–Crippen LogP) is -0.823. The molecule has 1 atom stereocenters. The molecular weight excluding hydrogens is 285 g/mol. The molecule has 0 spiro atoms. The smallest absolute Gasteiger partial charge is 0.294 e. The molecule has 1 radical (unpaired) electrons. The van der Waals surface area contributed by atoms with E-state index in [-0.39, 0.29) is 46.6 Å². The second kappa shape index (κ2) is 5.70. The molecule has 0 aliphatic carbocycles. The number of aliphatic hydroxyl groups is 1. The summed E-state index contributed by atoms with van der Waals surface area (Å²) < 4.78 is 30.4. The third-order valence-corrected chi connectivity index (χ3v) is 3.38. The van der Waals surface area contributed by atoms with Gasteiger partial charge in [-0.1, -0.05) is 0 Å². The third-order valence-electron chi connectivity index (χ3n) is 2.52. The van der Waals surface area contributed by atoms with Crippen molar-refractivity contribution < 1.29 is 27.7 Å². The Balaban J connectivity index is 0.00000180. The molecule has 0 aromatic heterocycles. The fraction of sp³-hybridized carbons (Fsp3) is 0.200. The van der Waals surface area contributed by atoms with E-state index in [4.69, 9.17) is 4.55 Å². The first-order valence-electron chi connectivity index (χ1n) is 4.93. The van der Waals surface area contributed by atoms with Crippen molar-refractivity contribution in [1.29, 1.82) is 0 Å². The predicted molar refractivity (Wildman–Crippen MR) is 65.1 cm³/mol. The number of anilines is 1. The molecule has 7 nitrogen and oxygen atoms in total. The summed E-state index contributed by atoms with van der Waals surface area (Å²) in [6, 6.07) is 4.54. The van der Waals surface area contributed by atoms with E-state index in [0.29, 0.717) is 0 Å². The van der Waals surface area contributed by atoms with Gasteiger partial charge in [-0.25, -0.2) is 4.90 Å². The summed E-state index contributed by atoms with van der Waals surface area (Å²) in [5.74, 6) is -1.31. The average Bonchev–Trinajstić information content (AvgIpc) is 2.52. The van der Waals surface area contributed by atoms with Crippen molar-refractivity contribution in [3.63, 3.8) is 0 Å². The number of aliphatic hydroxyl groups excluding tert-OH is 1. The van der Waals surface area contributed by atoms with E-state index in [9.17, 15) is 23.1 Å². The van der Waals surface area contributed by atoms with Gasteiger partial charge in [0.2, 0.25) is 5.91 Å². The molecule has 1 aromatic rings. The summed E-state index contributed by atoms with van der Waals surface area (Å²) >= 11 is 0. The van der Waals surface area contributed by atoms with Crippen LogP contribution in [0.1, 0.15) is 6.42 Å². The number of hydrogen-bond donors (Lipinski definition) is 2. The minimum atomic E-state index is -4.32. The monoisotopic (exact) mass is 294 g/mol. The van der Waals surface area contributed by atoms with E-state index in [1.165, 1.54) is 12.1 Å². The van der Waals surface area contributed by atoms with E-state index in [1.54, 1.807) is 0 Å². The normalized spacial score (nSPS) is 19.5. The Morgan fingerprint density at radius 1 is 1.16 bits per heavy atom. The fourth-order valence-corrected chi connectivity index (χ4v) is 2.13. The van der Waals surface area contributed by atoms with Crippen molar-refractivity contribution in [2.75, 3.05) is 4.90 Å². The van der Waals surface area contributed by atoms with Gasteiger partial charge in [0.05, 0.1) is 17.0 Å². The Morgan fingerprint density at radius 2 is 1.68 bits per heavy atom. The first-order valence-corrected chi connectivity index (χ1v) is 6.37. The fourth-order valence-electron chi connectivity index (χ4n) is 1.65. The second-order valence-electron chi connectivity index (χ2n) is 3.76. The van der Waals surface area contributed by atoms with E-state index in [2.05, 4.69) is 0 Å². The molecule has 1 unspecified atom stereocenters. The summed E-state index contributed by atoms with van der Waals surface area (Å²) in [5.41, 5.74) is 0.147. The molecule has 2 rings (SSSR count). The number of hydrogen-bond acceptors (Lipinski definition) is 5. The zero-order chi connectivity index (χ0) is 13.5. The van der Waals surface area contributed by atoms with E-state index in [0.717, 1.165) is 17.0 Å². The van der Waals surface area contributed by atoms with Crippen LogP contribution in [0.2, 0.25) is 0 Å². The van der Waals surface area contributed by atoms with Crippen molar-refractivity contribution in [2.24, 2.45) is 0 Å². The van der Waals surface area contributed by atoms with Crippen molar-refractivity contribution in [3.05, 3.63) is 24.3 Å². The Labute approximate surface area is 131 Å². The van der Waals surface area contributed by atoms with Gasteiger partial charge in [0.25, 0.3) is 16.0 Å². The zero-order valence-electron chi connectivity index (χ0n) is 9.98. The van der Waals surface area contributed by atoms with Gasteiger partial charge in [-0.3, -0.25) is 14.1 Å². The zero-order valence-corrected chi connectivity index (χ0v) is 12.8. The van der Waals surface area contributed by atoms with Crippen LogP contribution in [0.25, 0.3) is 0 Å². The number of nitrogens with zero attached hydrogens (tertiary/aromatic N) is 1. The number of imide groups is 1. The minimum absolute atomic E-state index is 0. The average molecular weight is 294 g/mol. The van der Waals surface area contributed by atoms with Gasteiger partial charge in [-0.2, -0.15) is 8.42 Å². The van der Waals surface area contributed by atoms with Gasteiger partial charge < -0.3 is 5.11 Å². The van der Waals surface area contributed by atoms with Crippen LogP contribution in [0.15, 0.2) is 29.2 Å². The minimum Gasteiger partial charge on any atom is -0.383 e. The Kier molecular flexibility index (Phi) is 4.88. The Morgan fingerprint density at radius 3 is 2.05 bits per heavy atom.